The quantitative estimate of drug-likeness (QED) is 0.453. The fraction of sp³-hybridized carbons (Fsp3) is 0. The Labute approximate surface area is 143 Å². The number of fused-ring (bicyclic) bond motifs is 2. The molecule has 0 aliphatic rings. The number of hydrogen-bond donors (Lipinski definition) is 0. The van der Waals surface area contributed by atoms with Crippen LogP contribution in [0.4, 0.5) is 0 Å². The van der Waals surface area contributed by atoms with Crippen LogP contribution in [0.5, 0.6) is 0 Å². The van der Waals surface area contributed by atoms with Crippen molar-refractivity contribution in [1.82, 2.24) is 15.2 Å². The van der Waals surface area contributed by atoms with Gasteiger partial charge in [-0.25, -0.2) is 4.98 Å². The first kappa shape index (κ1) is 13.9. The van der Waals surface area contributed by atoms with Crippen molar-refractivity contribution in [3.63, 3.8) is 0 Å². The Morgan fingerprint density at radius 1 is 0.600 bits per heavy atom. The summed E-state index contributed by atoms with van der Waals surface area (Å²) in [6.45, 7) is 0. The number of hydrogen-bond acceptors (Lipinski definition) is 4. The highest BCUT2D eigenvalue weighted by Crippen LogP contribution is 2.29. The van der Waals surface area contributed by atoms with E-state index < -0.39 is 0 Å². The van der Waals surface area contributed by atoms with Crippen LogP contribution in [0.15, 0.2) is 83.3 Å². The molecule has 118 valence electrons. The van der Waals surface area contributed by atoms with Crippen molar-refractivity contribution in [3.8, 4) is 23.0 Å². The van der Waals surface area contributed by atoms with E-state index in [4.69, 9.17) is 4.42 Å². The van der Waals surface area contributed by atoms with E-state index in [0.29, 0.717) is 17.5 Å². The summed E-state index contributed by atoms with van der Waals surface area (Å²) in [6, 6.07) is 26.1. The summed E-state index contributed by atoms with van der Waals surface area (Å²) >= 11 is 0. The summed E-state index contributed by atoms with van der Waals surface area (Å²) in [4.78, 5) is 4.62. The van der Waals surface area contributed by atoms with Crippen molar-refractivity contribution in [2.45, 2.75) is 0 Å². The molecular weight excluding hydrogens is 310 g/mol. The number of nitrogens with zero attached hydrogens (tertiary/aromatic N) is 3. The van der Waals surface area contributed by atoms with Crippen LogP contribution in [-0.2, 0) is 0 Å². The first-order valence-corrected chi connectivity index (χ1v) is 8.06. The standard InChI is InChI=1S/C21H13N3O/c1-3-9-16-14(6-1)8-5-10-17(16)20-23-24-21(25-20)19-13-12-15-7-2-4-11-18(15)22-19/h1-13H. The van der Waals surface area contributed by atoms with Crippen LogP contribution < -0.4 is 0 Å². The Morgan fingerprint density at radius 3 is 2.32 bits per heavy atom. The average Bonchev–Trinajstić information content (AvgIpc) is 3.17. The van der Waals surface area contributed by atoms with Crippen LogP contribution in [0.3, 0.4) is 0 Å². The van der Waals surface area contributed by atoms with Crippen molar-refractivity contribution >= 4 is 21.7 Å². The molecule has 2 heterocycles. The third kappa shape index (κ3) is 2.35. The second kappa shape index (κ2) is 5.53. The molecular formula is C21H13N3O. The molecule has 3 aromatic carbocycles. The lowest BCUT2D eigenvalue weighted by Crippen LogP contribution is -1.84. The molecule has 0 bridgehead atoms. The van der Waals surface area contributed by atoms with Gasteiger partial charge in [0, 0.05) is 10.9 Å². The molecule has 5 aromatic rings. The first-order chi connectivity index (χ1) is 12.4. The largest absolute Gasteiger partial charge is 0.415 e. The highest BCUT2D eigenvalue weighted by molar-refractivity contribution is 5.94. The van der Waals surface area contributed by atoms with E-state index in [-0.39, 0.29) is 0 Å². The third-order valence-corrected chi connectivity index (χ3v) is 4.26. The van der Waals surface area contributed by atoms with Gasteiger partial charge in [-0.15, -0.1) is 10.2 Å². The lowest BCUT2D eigenvalue weighted by Gasteiger charge is -2.02. The normalized spacial score (nSPS) is 11.2. The van der Waals surface area contributed by atoms with Crippen molar-refractivity contribution in [2.75, 3.05) is 0 Å². The minimum Gasteiger partial charge on any atom is -0.415 e. The van der Waals surface area contributed by atoms with Gasteiger partial charge in [-0.2, -0.15) is 0 Å². The zero-order valence-corrected chi connectivity index (χ0v) is 13.3. The van der Waals surface area contributed by atoms with E-state index >= 15 is 0 Å². The van der Waals surface area contributed by atoms with Crippen LogP contribution in [0.2, 0.25) is 0 Å². The summed E-state index contributed by atoms with van der Waals surface area (Å²) < 4.78 is 5.93. The van der Waals surface area contributed by atoms with Gasteiger partial charge in [-0.05, 0) is 29.0 Å². The Balaban J connectivity index is 1.62. The van der Waals surface area contributed by atoms with E-state index in [2.05, 4.69) is 33.4 Å². The van der Waals surface area contributed by atoms with Gasteiger partial charge >= 0.3 is 0 Å². The summed E-state index contributed by atoms with van der Waals surface area (Å²) in [5.41, 5.74) is 2.51. The molecule has 0 radical (unpaired) electrons. The van der Waals surface area contributed by atoms with E-state index in [0.717, 1.165) is 27.2 Å². The van der Waals surface area contributed by atoms with Crippen LogP contribution >= 0.6 is 0 Å². The molecule has 25 heavy (non-hydrogen) atoms. The van der Waals surface area contributed by atoms with Crippen LogP contribution in [0, 0.1) is 0 Å². The zero-order chi connectivity index (χ0) is 16.6. The molecule has 0 aliphatic heterocycles. The average molecular weight is 323 g/mol. The maximum absolute atomic E-state index is 5.93. The Hall–Kier alpha value is -3.53. The summed E-state index contributed by atoms with van der Waals surface area (Å²) in [5, 5.41) is 11.7. The lowest BCUT2D eigenvalue weighted by molar-refractivity contribution is 0.583. The molecule has 0 spiro atoms. The smallest absolute Gasteiger partial charge is 0.266 e. The second-order valence-corrected chi connectivity index (χ2v) is 5.83. The highest BCUT2D eigenvalue weighted by atomic mass is 16.4. The Bertz CT molecular complexity index is 1200. The fourth-order valence-corrected chi connectivity index (χ4v) is 3.03. The van der Waals surface area contributed by atoms with Crippen molar-refractivity contribution in [2.24, 2.45) is 0 Å². The van der Waals surface area contributed by atoms with E-state index in [1.165, 1.54) is 0 Å². The molecule has 0 saturated carbocycles. The molecule has 0 saturated heterocycles. The van der Waals surface area contributed by atoms with E-state index in [1.54, 1.807) is 0 Å². The zero-order valence-electron chi connectivity index (χ0n) is 13.3. The minimum absolute atomic E-state index is 0.425. The first-order valence-electron chi connectivity index (χ1n) is 8.06. The molecule has 0 fully saturated rings. The molecule has 0 N–H and O–H groups in total. The van der Waals surface area contributed by atoms with E-state index in [9.17, 15) is 0 Å². The summed E-state index contributed by atoms with van der Waals surface area (Å²) in [6.07, 6.45) is 0. The van der Waals surface area contributed by atoms with Crippen molar-refractivity contribution < 1.29 is 4.42 Å². The maximum Gasteiger partial charge on any atom is 0.266 e. The molecule has 0 amide bonds. The molecule has 4 heteroatoms. The molecule has 0 unspecified atom stereocenters. The molecule has 4 nitrogen and oxygen atoms in total. The monoisotopic (exact) mass is 323 g/mol. The van der Waals surface area contributed by atoms with Gasteiger partial charge < -0.3 is 4.42 Å². The van der Waals surface area contributed by atoms with Crippen LogP contribution in [-0.4, -0.2) is 15.2 Å². The van der Waals surface area contributed by atoms with Gasteiger partial charge in [0.25, 0.3) is 5.89 Å². The third-order valence-electron chi connectivity index (χ3n) is 4.26. The van der Waals surface area contributed by atoms with E-state index in [1.807, 2.05) is 60.7 Å². The minimum atomic E-state index is 0.425. The van der Waals surface area contributed by atoms with Crippen molar-refractivity contribution in [1.29, 1.82) is 0 Å². The SMILES string of the molecule is c1ccc2nc(-c3nnc(-c4cccc5ccccc45)o3)ccc2c1. The molecule has 0 atom stereocenters. The number of aromatic nitrogens is 3. The number of benzene rings is 3. The Morgan fingerprint density at radius 2 is 1.36 bits per heavy atom. The van der Waals surface area contributed by atoms with Crippen LogP contribution in [0.25, 0.3) is 44.7 Å². The predicted octanol–water partition coefficient (Wildman–Crippen LogP) is 5.11. The second-order valence-electron chi connectivity index (χ2n) is 5.83. The van der Waals surface area contributed by atoms with Gasteiger partial charge in [-0.3, -0.25) is 0 Å². The topological polar surface area (TPSA) is 51.8 Å². The number of para-hydroxylation sites is 1. The predicted molar refractivity (Wildman–Crippen MR) is 98.0 cm³/mol. The van der Waals surface area contributed by atoms with Gasteiger partial charge in [0.05, 0.1) is 5.52 Å². The molecule has 5 rings (SSSR count). The fourth-order valence-electron chi connectivity index (χ4n) is 3.03. The Kier molecular flexibility index (Phi) is 3.07. The summed E-state index contributed by atoms with van der Waals surface area (Å²) in [5.74, 6) is 0.926. The van der Waals surface area contributed by atoms with Gasteiger partial charge in [0.1, 0.15) is 5.69 Å². The highest BCUT2D eigenvalue weighted by Gasteiger charge is 2.14. The molecule has 2 aromatic heterocycles. The maximum atomic E-state index is 5.93. The lowest BCUT2D eigenvalue weighted by atomic mass is 10.0. The number of pyridine rings is 1. The van der Waals surface area contributed by atoms with Crippen LogP contribution in [0.1, 0.15) is 0 Å². The summed E-state index contributed by atoms with van der Waals surface area (Å²) in [7, 11) is 0. The molecule has 0 aliphatic carbocycles. The van der Waals surface area contributed by atoms with Crippen molar-refractivity contribution in [3.05, 3.63) is 78.9 Å². The number of rotatable bonds is 2. The van der Waals surface area contributed by atoms with Gasteiger partial charge in [-0.1, -0.05) is 60.7 Å². The van der Waals surface area contributed by atoms with Gasteiger partial charge in [0.15, 0.2) is 0 Å². The van der Waals surface area contributed by atoms with Gasteiger partial charge in [0.2, 0.25) is 5.89 Å².